The first kappa shape index (κ1) is 18.0. The summed E-state index contributed by atoms with van der Waals surface area (Å²) >= 11 is 0. The second-order valence-electron chi connectivity index (χ2n) is 6.67. The Balaban J connectivity index is 0.00000220. The number of aryl methyl sites for hydroxylation is 1. The van der Waals surface area contributed by atoms with Crippen molar-refractivity contribution >= 4 is 18.3 Å². The summed E-state index contributed by atoms with van der Waals surface area (Å²) in [6.07, 6.45) is 3.77. The van der Waals surface area contributed by atoms with E-state index in [-0.39, 0.29) is 29.9 Å². The lowest BCUT2D eigenvalue weighted by Crippen LogP contribution is -2.48. The van der Waals surface area contributed by atoms with Gasteiger partial charge in [-0.1, -0.05) is 43.7 Å². The van der Waals surface area contributed by atoms with Crippen molar-refractivity contribution in [2.24, 2.45) is 11.7 Å². The first-order chi connectivity index (χ1) is 9.40. The molecule has 1 aliphatic rings. The molecule has 1 saturated carbocycles. The van der Waals surface area contributed by atoms with E-state index in [0.717, 1.165) is 25.7 Å². The molecule has 3 N–H and O–H groups in total. The molecule has 118 valence electrons. The van der Waals surface area contributed by atoms with Gasteiger partial charge in [0.1, 0.15) is 0 Å². The summed E-state index contributed by atoms with van der Waals surface area (Å²) in [4.78, 5) is 12.1. The van der Waals surface area contributed by atoms with Crippen molar-refractivity contribution in [1.29, 1.82) is 0 Å². The van der Waals surface area contributed by atoms with Gasteiger partial charge in [-0.25, -0.2) is 0 Å². The highest BCUT2D eigenvalue weighted by Gasteiger charge is 2.44. The van der Waals surface area contributed by atoms with Gasteiger partial charge in [-0.05, 0) is 44.1 Å². The van der Waals surface area contributed by atoms with Crippen LogP contribution in [0.5, 0.6) is 0 Å². The topological polar surface area (TPSA) is 55.1 Å². The molecule has 21 heavy (non-hydrogen) atoms. The van der Waals surface area contributed by atoms with Crippen molar-refractivity contribution in [2.75, 3.05) is 0 Å². The molecule has 0 aromatic heterocycles. The van der Waals surface area contributed by atoms with Gasteiger partial charge < -0.3 is 11.1 Å². The van der Waals surface area contributed by atoms with E-state index in [9.17, 15) is 4.79 Å². The largest absolute Gasteiger partial charge is 0.349 e. The van der Waals surface area contributed by atoms with Crippen molar-refractivity contribution in [1.82, 2.24) is 5.32 Å². The fraction of sp³-hybridized carbons (Fsp3) is 0.588. The minimum absolute atomic E-state index is 0. The molecule has 1 aromatic carbocycles. The molecule has 3 nitrogen and oxygen atoms in total. The standard InChI is InChI=1S/C17H26N2O.ClH/c1-12(2)10-15(18)16(20)19-17(8-9-17)11-14-6-4-13(3)5-7-14;/h4-7,12,15H,8-11,18H2,1-3H3,(H,19,20);1H/t15-;/m1./s1. The van der Waals surface area contributed by atoms with Crippen molar-refractivity contribution in [2.45, 2.75) is 58.0 Å². The number of carbonyl (C=O) groups excluding carboxylic acids is 1. The van der Waals surface area contributed by atoms with Gasteiger partial charge >= 0.3 is 0 Å². The number of nitrogens with one attached hydrogen (secondary N) is 1. The number of carbonyl (C=O) groups is 1. The molecule has 0 bridgehead atoms. The van der Waals surface area contributed by atoms with E-state index in [0.29, 0.717) is 5.92 Å². The molecule has 1 fully saturated rings. The van der Waals surface area contributed by atoms with Crippen LogP contribution in [0.15, 0.2) is 24.3 Å². The Hall–Kier alpha value is -1.06. The Labute approximate surface area is 134 Å². The van der Waals surface area contributed by atoms with Gasteiger partial charge in [0.15, 0.2) is 0 Å². The molecule has 0 spiro atoms. The molecule has 2 rings (SSSR count). The van der Waals surface area contributed by atoms with Gasteiger partial charge in [-0.2, -0.15) is 0 Å². The van der Waals surface area contributed by atoms with Gasteiger partial charge in [0.25, 0.3) is 0 Å². The summed E-state index contributed by atoms with van der Waals surface area (Å²) in [6.45, 7) is 6.27. The summed E-state index contributed by atoms with van der Waals surface area (Å²) in [6, 6.07) is 8.16. The first-order valence-electron chi connectivity index (χ1n) is 7.53. The second kappa shape index (κ2) is 7.28. The van der Waals surface area contributed by atoms with Gasteiger partial charge in [0, 0.05) is 5.54 Å². The third-order valence-electron chi connectivity index (χ3n) is 3.97. The maximum absolute atomic E-state index is 12.1. The average Bonchev–Trinajstić information content (AvgIpc) is 3.11. The highest BCUT2D eigenvalue weighted by molar-refractivity contribution is 5.85. The van der Waals surface area contributed by atoms with Crippen LogP contribution in [-0.2, 0) is 11.2 Å². The Kier molecular flexibility index (Phi) is 6.24. The van der Waals surface area contributed by atoms with Crippen molar-refractivity contribution in [3.63, 3.8) is 0 Å². The lowest BCUT2D eigenvalue weighted by atomic mass is 10.0. The fourth-order valence-corrected chi connectivity index (χ4v) is 2.56. The van der Waals surface area contributed by atoms with E-state index in [1.54, 1.807) is 0 Å². The Morgan fingerprint density at radius 2 is 1.86 bits per heavy atom. The average molecular weight is 311 g/mol. The predicted octanol–water partition coefficient (Wildman–Crippen LogP) is 2.98. The van der Waals surface area contributed by atoms with Crippen LogP contribution in [0.25, 0.3) is 0 Å². The summed E-state index contributed by atoms with van der Waals surface area (Å²) in [7, 11) is 0. The van der Waals surface area contributed by atoms with Crippen LogP contribution in [0.3, 0.4) is 0 Å². The van der Waals surface area contributed by atoms with Gasteiger partial charge in [0.2, 0.25) is 5.91 Å². The molecule has 0 heterocycles. The Bertz CT molecular complexity index is 466. The lowest BCUT2D eigenvalue weighted by molar-refractivity contribution is -0.123. The van der Waals surface area contributed by atoms with Crippen LogP contribution >= 0.6 is 12.4 Å². The molecule has 0 radical (unpaired) electrons. The highest BCUT2D eigenvalue weighted by Crippen LogP contribution is 2.38. The Morgan fingerprint density at radius 1 is 1.29 bits per heavy atom. The van der Waals surface area contributed by atoms with E-state index < -0.39 is 0 Å². The third kappa shape index (κ3) is 5.33. The minimum Gasteiger partial charge on any atom is -0.349 e. The molecular formula is C17H27ClN2O. The van der Waals surface area contributed by atoms with Gasteiger partial charge in [-0.15, -0.1) is 12.4 Å². The molecule has 1 amide bonds. The van der Waals surface area contributed by atoms with Crippen molar-refractivity contribution in [3.8, 4) is 0 Å². The maximum Gasteiger partial charge on any atom is 0.237 e. The maximum atomic E-state index is 12.1. The molecule has 0 aliphatic heterocycles. The summed E-state index contributed by atoms with van der Waals surface area (Å²) in [5, 5.41) is 3.17. The SMILES string of the molecule is Cc1ccc(CC2(NC(=O)[C@H](N)CC(C)C)CC2)cc1.Cl. The summed E-state index contributed by atoms with van der Waals surface area (Å²) in [5.41, 5.74) is 8.46. The second-order valence-corrected chi connectivity index (χ2v) is 6.67. The van der Waals surface area contributed by atoms with Gasteiger partial charge in [0.05, 0.1) is 6.04 Å². The number of rotatable bonds is 6. The van der Waals surface area contributed by atoms with E-state index >= 15 is 0 Å². The zero-order valence-electron chi connectivity index (χ0n) is 13.2. The van der Waals surface area contributed by atoms with E-state index in [4.69, 9.17) is 5.73 Å². The molecule has 1 atom stereocenters. The number of hydrogen-bond donors (Lipinski definition) is 2. The normalized spacial score (nSPS) is 17.0. The molecule has 1 aliphatic carbocycles. The van der Waals surface area contributed by atoms with Crippen LogP contribution in [0.1, 0.15) is 44.2 Å². The minimum atomic E-state index is -0.384. The number of amides is 1. The van der Waals surface area contributed by atoms with Crippen LogP contribution in [0, 0.1) is 12.8 Å². The van der Waals surface area contributed by atoms with E-state index in [1.807, 2.05) is 0 Å². The lowest BCUT2D eigenvalue weighted by Gasteiger charge is -2.21. The van der Waals surface area contributed by atoms with Crippen LogP contribution in [0.2, 0.25) is 0 Å². The van der Waals surface area contributed by atoms with Crippen LogP contribution in [-0.4, -0.2) is 17.5 Å². The smallest absolute Gasteiger partial charge is 0.237 e. The van der Waals surface area contributed by atoms with Crippen LogP contribution in [0.4, 0.5) is 0 Å². The van der Waals surface area contributed by atoms with E-state index in [1.165, 1.54) is 11.1 Å². The molecular weight excluding hydrogens is 284 g/mol. The number of benzene rings is 1. The zero-order valence-corrected chi connectivity index (χ0v) is 14.0. The molecule has 4 heteroatoms. The summed E-state index contributed by atoms with van der Waals surface area (Å²) < 4.78 is 0. The fourth-order valence-electron chi connectivity index (χ4n) is 2.56. The third-order valence-corrected chi connectivity index (χ3v) is 3.97. The van der Waals surface area contributed by atoms with Gasteiger partial charge in [-0.3, -0.25) is 4.79 Å². The monoisotopic (exact) mass is 310 g/mol. The van der Waals surface area contributed by atoms with Crippen molar-refractivity contribution in [3.05, 3.63) is 35.4 Å². The summed E-state index contributed by atoms with van der Waals surface area (Å²) in [5.74, 6) is 0.450. The number of halogens is 1. The highest BCUT2D eigenvalue weighted by atomic mass is 35.5. The molecule has 1 aromatic rings. The van der Waals surface area contributed by atoms with Crippen LogP contribution < -0.4 is 11.1 Å². The molecule has 0 unspecified atom stereocenters. The number of nitrogens with two attached hydrogens (primary N) is 1. The quantitative estimate of drug-likeness (QED) is 0.848. The predicted molar refractivity (Wildman–Crippen MR) is 89.7 cm³/mol. The van der Waals surface area contributed by atoms with E-state index in [2.05, 4.69) is 50.4 Å². The first-order valence-corrected chi connectivity index (χ1v) is 7.53. The zero-order chi connectivity index (χ0) is 14.8. The Morgan fingerprint density at radius 3 is 2.33 bits per heavy atom. The van der Waals surface area contributed by atoms with Crippen molar-refractivity contribution < 1.29 is 4.79 Å². The molecule has 0 saturated heterocycles. The number of hydrogen-bond acceptors (Lipinski definition) is 2.